The van der Waals surface area contributed by atoms with Gasteiger partial charge in [0.2, 0.25) is 5.22 Å². The molecule has 1 N–H and O–H groups in total. The summed E-state index contributed by atoms with van der Waals surface area (Å²) < 4.78 is 9.93. The van der Waals surface area contributed by atoms with E-state index in [1.807, 2.05) is 0 Å². The van der Waals surface area contributed by atoms with Crippen LogP contribution in [0.25, 0.3) is 0 Å². The molecule has 0 radical (unpaired) electrons. The minimum atomic E-state index is -0.761. The van der Waals surface area contributed by atoms with Crippen molar-refractivity contribution in [2.24, 2.45) is 0 Å². The van der Waals surface area contributed by atoms with Gasteiger partial charge < -0.3 is 14.5 Å². The van der Waals surface area contributed by atoms with Crippen LogP contribution in [0.2, 0.25) is 5.22 Å². The van der Waals surface area contributed by atoms with Crippen LogP contribution in [0, 0.1) is 0 Å². The molecule has 0 aliphatic carbocycles. The molecule has 1 amide bonds. The Labute approximate surface area is 110 Å². The number of amides is 1. The molecule has 100 valence electrons. The zero-order chi connectivity index (χ0) is 13.9. The highest BCUT2D eigenvalue weighted by atomic mass is 35.5. The molecule has 1 aromatic heterocycles. The van der Waals surface area contributed by atoms with Crippen LogP contribution in [-0.4, -0.2) is 23.5 Å². The lowest BCUT2D eigenvalue weighted by atomic mass is 10.2. The topological polar surface area (TPSA) is 68.5 Å². The molecule has 0 aromatic carbocycles. The van der Waals surface area contributed by atoms with Crippen molar-refractivity contribution in [2.75, 3.05) is 0 Å². The predicted molar refractivity (Wildman–Crippen MR) is 66.5 cm³/mol. The molecule has 5 nitrogen and oxygen atoms in total. The number of esters is 1. The minimum absolute atomic E-state index is 0.0103. The lowest BCUT2D eigenvalue weighted by Crippen LogP contribution is -2.42. The summed E-state index contributed by atoms with van der Waals surface area (Å²) in [6, 6.07) is 0.669. The van der Waals surface area contributed by atoms with Crippen LogP contribution in [0.4, 0.5) is 0 Å². The monoisotopic (exact) mass is 273 g/mol. The van der Waals surface area contributed by atoms with E-state index in [9.17, 15) is 9.59 Å². The van der Waals surface area contributed by atoms with Gasteiger partial charge in [-0.3, -0.25) is 4.79 Å². The fourth-order valence-electron chi connectivity index (χ4n) is 1.18. The van der Waals surface area contributed by atoms with Crippen LogP contribution < -0.4 is 5.32 Å². The summed E-state index contributed by atoms with van der Waals surface area (Å²) >= 11 is 5.66. The summed E-state index contributed by atoms with van der Waals surface area (Å²) in [4.78, 5) is 23.4. The van der Waals surface area contributed by atoms with Crippen molar-refractivity contribution in [1.82, 2.24) is 5.32 Å². The van der Waals surface area contributed by atoms with Gasteiger partial charge in [0.1, 0.15) is 11.6 Å². The van der Waals surface area contributed by atoms with Crippen molar-refractivity contribution < 1.29 is 18.7 Å². The smallest absolute Gasteiger partial charge is 0.328 e. The highest BCUT2D eigenvalue weighted by Gasteiger charge is 2.24. The normalized spacial score (nSPS) is 12.9. The van der Waals surface area contributed by atoms with Crippen LogP contribution in [0.3, 0.4) is 0 Å². The lowest BCUT2D eigenvalue weighted by molar-refractivity contribution is -0.156. The molecule has 1 heterocycles. The Balaban J connectivity index is 2.60. The number of halogens is 1. The van der Waals surface area contributed by atoms with Crippen molar-refractivity contribution in [3.8, 4) is 0 Å². The van der Waals surface area contributed by atoms with Gasteiger partial charge in [-0.25, -0.2) is 4.79 Å². The second-order valence-electron chi connectivity index (χ2n) is 4.84. The molecule has 0 saturated heterocycles. The Bertz CT molecular complexity index is 447. The molecule has 1 atom stereocenters. The molecule has 0 aliphatic heterocycles. The van der Waals surface area contributed by atoms with E-state index in [0.29, 0.717) is 0 Å². The third-order valence-corrected chi connectivity index (χ3v) is 2.26. The first kappa shape index (κ1) is 14.6. The highest BCUT2D eigenvalue weighted by molar-refractivity contribution is 6.32. The quantitative estimate of drug-likeness (QED) is 0.859. The van der Waals surface area contributed by atoms with E-state index in [4.69, 9.17) is 20.8 Å². The Morgan fingerprint density at radius 2 is 2.06 bits per heavy atom. The summed E-state index contributed by atoms with van der Waals surface area (Å²) in [6.07, 6.45) is 1.30. The van der Waals surface area contributed by atoms with E-state index >= 15 is 0 Å². The zero-order valence-corrected chi connectivity index (χ0v) is 11.5. The van der Waals surface area contributed by atoms with Gasteiger partial charge in [-0.1, -0.05) is 0 Å². The second-order valence-corrected chi connectivity index (χ2v) is 5.18. The molecule has 0 aliphatic rings. The lowest BCUT2D eigenvalue weighted by Gasteiger charge is -2.22. The van der Waals surface area contributed by atoms with Gasteiger partial charge in [-0.05, 0) is 45.4 Å². The molecule has 0 bridgehead atoms. The van der Waals surface area contributed by atoms with Gasteiger partial charge in [0, 0.05) is 0 Å². The van der Waals surface area contributed by atoms with Gasteiger partial charge in [-0.15, -0.1) is 0 Å². The number of ether oxygens (including phenoxy) is 1. The molecule has 18 heavy (non-hydrogen) atoms. The maximum atomic E-state index is 11.7. The average molecular weight is 274 g/mol. The van der Waals surface area contributed by atoms with E-state index in [-0.39, 0.29) is 10.8 Å². The van der Waals surface area contributed by atoms with E-state index in [1.54, 1.807) is 27.7 Å². The second kappa shape index (κ2) is 5.44. The Kier molecular flexibility index (Phi) is 4.40. The first-order valence-corrected chi connectivity index (χ1v) is 5.85. The summed E-state index contributed by atoms with van der Waals surface area (Å²) in [5, 5.41) is 2.48. The number of hydrogen-bond donors (Lipinski definition) is 1. The zero-order valence-electron chi connectivity index (χ0n) is 10.7. The van der Waals surface area contributed by atoms with Crippen molar-refractivity contribution in [3.63, 3.8) is 0 Å². The van der Waals surface area contributed by atoms with Crippen LogP contribution in [0.15, 0.2) is 16.7 Å². The van der Waals surface area contributed by atoms with Crippen LogP contribution in [0.5, 0.6) is 0 Å². The molecule has 0 saturated carbocycles. The van der Waals surface area contributed by atoms with Gasteiger partial charge in [0.05, 0.1) is 11.8 Å². The van der Waals surface area contributed by atoms with Crippen molar-refractivity contribution >= 4 is 23.5 Å². The number of hydrogen-bond acceptors (Lipinski definition) is 4. The van der Waals surface area contributed by atoms with Gasteiger partial charge in [0.25, 0.3) is 5.91 Å². The number of carbonyl (C=O) groups is 2. The number of furan rings is 1. The fraction of sp³-hybridized carbons (Fsp3) is 0.500. The Morgan fingerprint density at radius 3 is 2.50 bits per heavy atom. The molecule has 1 aromatic rings. The molecule has 0 spiro atoms. The molecule has 0 fully saturated rings. The van der Waals surface area contributed by atoms with E-state index in [0.717, 1.165) is 0 Å². The van der Waals surface area contributed by atoms with E-state index in [2.05, 4.69) is 5.32 Å². The Hall–Kier alpha value is -1.49. The first-order chi connectivity index (χ1) is 8.20. The third-order valence-electron chi connectivity index (χ3n) is 1.97. The highest BCUT2D eigenvalue weighted by Crippen LogP contribution is 2.16. The molecule has 1 rings (SSSR count). The largest absolute Gasteiger partial charge is 0.458 e. The van der Waals surface area contributed by atoms with Crippen molar-refractivity contribution in [2.45, 2.75) is 39.3 Å². The van der Waals surface area contributed by atoms with Crippen LogP contribution in [0.1, 0.15) is 38.1 Å². The minimum Gasteiger partial charge on any atom is -0.458 e. The predicted octanol–water partition coefficient (Wildman–Crippen LogP) is 2.39. The average Bonchev–Trinajstić information content (AvgIpc) is 2.61. The Morgan fingerprint density at radius 1 is 1.44 bits per heavy atom. The fourth-order valence-corrected chi connectivity index (χ4v) is 1.38. The van der Waals surface area contributed by atoms with Gasteiger partial charge in [0.15, 0.2) is 0 Å². The van der Waals surface area contributed by atoms with Crippen molar-refractivity contribution in [1.29, 1.82) is 0 Å². The molecule has 0 unspecified atom stereocenters. The standard InChI is InChI=1S/C12H16ClNO4/c1-7(11(16)18-12(2,3)4)14-10(15)8-5-6-17-9(8)13/h5-7H,1-4H3,(H,14,15)/t7-/m1/s1. The summed E-state index contributed by atoms with van der Waals surface area (Å²) in [6.45, 7) is 6.81. The van der Waals surface area contributed by atoms with E-state index in [1.165, 1.54) is 12.3 Å². The maximum Gasteiger partial charge on any atom is 0.328 e. The number of carbonyl (C=O) groups excluding carboxylic acids is 2. The number of nitrogens with one attached hydrogen (secondary N) is 1. The number of rotatable bonds is 3. The van der Waals surface area contributed by atoms with Crippen LogP contribution in [-0.2, 0) is 9.53 Å². The molecular formula is C12H16ClNO4. The van der Waals surface area contributed by atoms with Crippen LogP contribution >= 0.6 is 11.6 Å². The molecule has 6 heteroatoms. The molecular weight excluding hydrogens is 258 g/mol. The van der Waals surface area contributed by atoms with E-state index < -0.39 is 23.5 Å². The van der Waals surface area contributed by atoms with Gasteiger partial charge in [-0.2, -0.15) is 0 Å². The maximum absolute atomic E-state index is 11.7. The summed E-state index contributed by atoms with van der Waals surface area (Å²) in [7, 11) is 0. The third kappa shape index (κ3) is 4.07. The first-order valence-electron chi connectivity index (χ1n) is 5.47. The summed E-state index contributed by atoms with van der Waals surface area (Å²) in [5.41, 5.74) is -0.407. The van der Waals surface area contributed by atoms with Crippen molar-refractivity contribution in [3.05, 3.63) is 23.1 Å². The SMILES string of the molecule is C[C@@H](NC(=O)c1ccoc1Cl)C(=O)OC(C)(C)C. The summed E-state index contributed by atoms with van der Waals surface area (Å²) in [5.74, 6) is -0.984. The van der Waals surface area contributed by atoms with Gasteiger partial charge >= 0.3 is 5.97 Å².